The molecule has 0 N–H and O–H groups in total. The van der Waals surface area contributed by atoms with Gasteiger partial charge in [-0.2, -0.15) is 0 Å². The summed E-state index contributed by atoms with van der Waals surface area (Å²) in [6.07, 6.45) is 1.36. The van der Waals surface area contributed by atoms with Crippen molar-refractivity contribution in [2.75, 3.05) is 13.1 Å². The fourth-order valence-corrected chi connectivity index (χ4v) is 2.35. The van der Waals surface area contributed by atoms with Crippen molar-refractivity contribution in [3.05, 3.63) is 14.1 Å². The van der Waals surface area contributed by atoms with Gasteiger partial charge in [-0.1, -0.05) is 0 Å². The molecule has 1 aliphatic rings. The molecule has 2 heterocycles. The van der Waals surface area contributed by atoms with Gasteiger partial charge in [0.15, 0.2) is 3.01 Å². The summed E-state index contributed by atoms with van der Waals surface area (Å²) >= 11 is 4.00. The molecular weight excluding hydrogens is 271 g/mol. The molecule has 2 rings (SSSR count). The highest BCUT2D eigenvalue weighted by Crippen LogP contribution is 2.16. The Labute approximate surface area is 83.8 Å². The Bertz CT molecular complexity index is 244. The molecule has 1 aliphatic heterocycles. The number of halogens is 1. The number of hydrogen-bond donors (Lipinski definition) is 0. The monoisotopic (exact) mass is 280 g/mol. The van der Waals surface area contributed by atoms with E-state index in [2.05, 4.69) is 37.9 Å². The fourth-order valence-electron chi connectivity index (χ4n) is 1.12. The van der Waals surface area contributed by atoms with Gasteiger partial charge >= 0.3 is 0 Å². The summed E-state index contributed by atoms with van der Waals surface area (Å²) in [5, 5.41) is 2.15. The van der Waals surface area contributed by atoms with Gasteiger partial charge in [-0.05, 0) is 42.1 Å². The van der Waals surface area contributed by atoms with Crippen LogP contribution in [0.25, 0.3) is 0 Å². The maximum atomic E-state index is 4.40. The summed E-state index contributed by atoms with van der Waals surface area (Å²) in [4.78, 5) is 6.82. The van der Waals surface area contributed by atoms with Crippen molar-refractivity contribution in [1.82, 2.24) is 9.88 Å². The van der Waals surface area contributed by atoms with Gasteiger partial charge in [0.25, 0.3) is 0 Å². The van der Waals surface area contributed by atoms with Crippen molar-refractivity contribution in [2.45, 2.75) is 13.0 Å². The van der Waals surface area contributed by atoms with Crippen LogP contribution in [0.15, 0.2) is 5.38 Å². The molecular formula is C7H9IN2S. The molecule has 11 heavy (non-hydrogen) atoms. The predicted molar refractivity (Wildman–Crippen MR) is 54.7 cm³/mol. The van der Waals surface area contributed by atoms with Gasteiger partial charge in [0.1, 0.15) is 0 Å². The minimum Gasteiger partial charge on any atom is -0.297 e. The lowest BCUT2D eigenvalue weighted by molar-refractivity contribution is 0.171. The third kappa shape index (κ3) is 1.91. The summed E-state index contributed by atoms with van der Waals surface area (Å²) in [5.41, 5.74) is 1.24. The first-order valence-corrected chi connectivity index (χ1v) is 5.63. The first-order chi connectivity index (χ1) is 5.34. The summed E-state index contributed by atoms with van der Waals surface area (Å²) in [6.45, 7) is 3.57. The maximum Gasteiger partial charge on any atom is 0.154 e. The van der Waals surface area contributed by atoms with E-state index < -0.39 is 0 Å². The first-order valence-electron chi connectivity index (χ1n) is 3.67. The normalized spacial score (nSPS) is 18.3. The Hall–Kier alpha value is 0.320. The lowest BCUT2D eigenvalue weighted by Crippen LogP contribution is -2.36. The Kier molecular flexibility index (Phi) is 2.43. The first kappa shape index (κ1) is 7.94. The van der Waals surface area contributed by atoms with Crippen LogP contribution in [0.4, 0.5) is 0 Å². The predicted octanol–water partition coefficient (Wildman–Crippen LogP) is 1.95. The maximum absolute atomic E-state index is 4.40. The van der Waals surface area contributed by atoms with Crippen LogP contribution in [0.3, 0.4) is 0 Å². The van der Waals surface area contributed by atoms with Crippen LogP contribution in [0.1, 0.15) is 12.1 Å². The van der Waals surface area contributed by atoms with Gasteiger partial charge in [-0.3, -0.25) is 4.90 Å². The highest BCUT2D eigenvalue weighted by Gasteiger charge is 2.14. The molecule has 0 aromatic carbocycles. The molecule has 4 heteroatoms. The number of nitrogens with zero attached hydrogens (tertiary/aromatic N) is 2. The zero-order valence-corrected chi connectivity index (χ0v) is 9.06. The van der Waals surface area contributed by atoms with Gasteiger partial charge < -0.3 is 0 Å². The van der Waals surface area contributed by atoms with Crippen LogP contribution in [0.2, 0.25) is 0 Å². The van der Waals surface area contributed by atoms with Crippen LogP contribution in [0.5, 0.6) is 0 Å². The molecule has 0 saturated carbocycles. The molecule has 60 valence electrons. The van der Waals surface area contributed by atoms with E-state index in [0.717, 1.165) is 9.56 Å². The molecule has 0 unspecified atom stereocenters. The molecule has 1 aromatic rings. The number of aromatic nitrogens is 1. The largest absolute Gasteiger partial charge is 0.297 e. The quantitative estimate of drug-likeness (QED) is 0.770. The fraction of sp³-hybridized carbons (Fsp3) is 0.571. The molecule has 1 fully saturated rings. The smallest absolute Gasteiger partial charge is 0.154 e. The van der Waals surface area contributed by atoms with Crippen LogP contribution < -0.4 is 0 Å². The number of hydrogen-bond acceptors (Lipinski definition) is 3. The lowest BCUT2D eigenvalue weighted by atomic mass is 10.2. The van der Waals surface area contributed by atoms with E-state index in [1.54, 1.807) is 11.3 Å². The average Bonchev–Trinajstić information content (AvgIpc) is 2.27. The summed E-state index contributed by atoms with van der Waals surface area (Å²) in [6, 6.07) is 0. The second-order valence-electron chi connectivity index (χ2n) is 2.72. The van der Waals surface area contributed by atoms with Gasteiger partial charge in [-0.15, -0.1) is 11.3 Å². The topological polar surface area (TPSA) is 16.1 Å². The van der Waals surface area contributed by atoms with Gasteiger partial charge in [0.05, 0.1) is 5.69 Å². The third-order valence-electron chi connectivity index (χ3n) is 1.86. The van der Waals surface area contributed by atoms with E-state index in [9.17, 15) is 0 Å². The van der Waals surface area contributed by atoms with E-state index in [1.807, 2.05) is 0 Å². The van der Waals surface area contributed by atoms with E-state index >= 15 is 0 Å². The van der Waals surface area contributed by atoms with Gasteiger partial charge in [0, 0.05) is 11.9 Å². The molecule has 2 nitrogen and oxygen atoms in total. The Balaban J connectivity index is 1.95. The third-order valence-corrected chi connectivity index (χ3v) is 3.54. The van der Waals surface area contributed by atoms with Crippen LogP contribution in [-0.2, 0) is 6.54 Å². The Morgan fingerprint density at radius 1 is 1.64 bits per heavy atom. The van der Waals surface area contributed by atoms with Crippen molar-refractivity contribution in [3.63, 3.8) is 0 Å². The molecule has 0 spiro atoms. The minimum absolute atomic E-state index is 1.06. The molecule has 0 aliphatic carbocycles. The highest BCUT2D eigenvalue weighted by molar-refractivity contribution is 14.1. The molecule has 1 saturated heterocycles. The zero-order valence-electron chi connectivity index (χ0n) is 6.09. The standard InChI is InChI=1S/C7H9IN2S/c8-7-9-6(5-11-7)4-10-2-1-3-10/h5H,1-4H2. The summed E-state index contributed by atoms with van der Waals surface area (Å²) in [5.74, 6) is 0. The number of likely N-dealkylation sites (tertiary alicyclic amines) is 1. The SMILES string of the molecule is Ic1nc(CN2CCC2)cs1. The van der Waals surface area contributed by atoms with Crippen molar-refractivity contribution >= 4 is 33.9 Å². The highest BCUT2D eigenvalue weighted by atomic mass is 127. The van der Waals surface area contributed by atoms with Crippen molar-refractivity contribution in [1.29, 1.82) is 0 Å². The second-order valence-corrected chi connectivity index (χ2v) is 5.33. The van der Waals surface area contributed by atoms with Gasteiger partial charge in [0.2, 0.25) is 0 Å². The summed E-state index contributed by atoms with van der Waals surface area (Å²) in [7, 11) is 0. The molecule has 0 bridgehead atoms. The van der Waals surface area contributed by atoms with E-state index in [1.165, 1.54) is 25.2 Å². The second kappa shape index (κ2) is 3.37. The van der Waals surface area contributed by atoms with E-state index in [0.29, 0.717) is 0 Å². The van der Waals surface area contributed by atoms with Crippen LogP contribution in [0, 0.1) is 3.01 Å². The lowest BCUT2D eigenvalue weighted by Gasteiger charge is -2.29. The van der Waals surface area contributed by atoms with E-state index in [-0.39, 0.29) is 0 Å². The molecule has 1 aromatic heterocycles. The Morgan fingerprint density at radius 2 is 2.45 bits per heavy atom. The summed E-state index contributed by atoms with van der Waals surface area (Å²) < 4.78 is 1.15. The molecule has 0 radical (unpaired) electrons. The molecule has 0 amide bonds. The number of rotatable bonds is 2. The van der Waals surface area contributed by atoms with Crippen LogP contribution in [-0.4, -0.2) is 23.0 Å². The van der Waals surface area contributed by atoms with Crippen LogP contribution >= 0.6 is 33.9 Å². The van der Waals surface area contributed by atoms with Crippen molar-refractivity contribution < 1.29 is 0 Å². The zero-order chi connectivity index (χ0) is 7.68. The van der Waals surface area contributed by atoms with Crippen molar-refractivity contribution in [3.8, 4) is 0 Å². The molecule has 0 atom stereocenters. The minimum atomic E-state index is 1.06. The number of thiazole rings is 1. The van der Waals surface area contributed by atoms with E-state index in [4.69, 9.17) is 0 Å². The van der Waals surface area contributed by atoms with Crippen molar-refractivity contribution in [2.24, 2.45) is 0 Å². The van der Waals surface area contributed by atoms with Gasteiger partial charge in [-0.25, -0.2) is 4.98 Å². The average molecular weight is 280 g/mol. The Morgan fingerprint density at radius 3 is 2.91 bits per heavy atom.